The van der Waals surface area contributed by atoms with Crippen LogP contribution in [0.4, 0.5) is 0 Å². The van der Waals surface area contributed by atoms with Gasteiger partial charge in [0.1, 0.15) is 0 Å². The topological polar surface area (TPSA) is 21.3 Å². The van der Waals surface area contributed by atoms with E-state index in [9.17, 15) is 0 Å². The maximum absolute atomic E-state index is 5.81. The van der Waals surface area contributed by atoms with E-state index in [1.807, 2.05) is 0 Å². The molecule has 0 aromatic heterocycles. The van der Waals surface area contributed by atoms with E-state index in [1.165, 1.54) is 44.9 Å². The van der Waals surface area contributed by atoms with Crippen LogP contribution < -0.4 is 5.32 Å². The molecule has 3 atom stereocenters. The normalized spacial score (nSPS) is 25.3. The summed E-state index contributed by atoms with van der Waals surface area (Å²) in [6.45, 7) is 5.62. The summed E-state index contributed by atoms with van der Waals surface area (Å²) >= 11 is 0. The molecule has 2 heteroatoms. The summed E-state index contributed by atoms with van der Waals surface area (Å²) < 4.78 is 5.81. The second kappa shape index (κ2) is 8.08. The van der Waals surface area contributed by atoms with Crippen LogP contribution in [0, 0.1) is 5.92 Å². The zero-order valence-corrected chi connectivity index (χ0v) is 11.3. The Morgan fingerprint density at radius 2 is 2.19 bits per heavy atom. The molecule has 1 saturated heterocycles. The Morgan fingerprint density at radius 1 is 1.38 bits per heavy atom. The molecule has 0 saturated carbocycles. The van der Waals surface area contributed by atoms with Crippen molar-refractivity contribution in [3.8, 4) is 0 Å². The predicted octanol–water partition coefficient (Wildman–Crippen LogP) is 3.36. The van der Waals surface area contributed by atoms with Gasteiger partial charge in [-0.15, -0.1) is 0 Å². The Morgan fingerprint density at radius 3 is 2.75 bits per heavy atom. The Kier molecular flexibility index (Phi) is 7.06. The fourth-order valence-corrected chi connectivity index (χ4v) is 2.74. The smallest absolute Gasteiger partial charge is 0.0590 e. The van der Waals surface area contributed by atoms with Gasteiger partial charge in [0.15, 0.2) is 0 Å². The minimum Gasteiger partial charge on any atom is -0.378 e. The van der Waals surface area contributed by atoms with Crippen LogP contribution in [0.2, 0.25) is 0 Å². The van der Waals surface area contributed by atoms with Crippen LogP contribution in [0.5, 0.6) is 0 Å². The van der Waals surface area contributed by atoms with E-state index in [0.717, 1.165) is 12.5 Å². The van der Waals surface area contributed by atoms with Crippen molar-refractivity contribution < 1.29 is 4.74 Å². The van der Waals surface area contributed by atoms with Gasteiger partial charge in [0.05, 0.1) is 6.10 Å². The van der Waals surface area contributed by atoms with Crippen molar-refractivity contribution in [1.29, 1.82) is 0 Å². The first-order valence-electron chi connectivity index (χ1n) is 7.05. The highest BCUT2D eigenvalue weighted by molar-refractivity contribution is 4.75. The van der Waals surface area contributed by atoms with Gasteiger partial charge in [0.2, 0.25) is 0 Å². The molecule has 0 aromatic rings. The molecular weight excluding hydrogens is 198 g/mol. The molecule has 0 bridgehead atoms. The Hall–Kier alpha value is -0.0800. The van der Waals surface area contributed by atoms with E-state index in [0.29, 0.717) is 12.1 Å². The van der Waals surface area contributed by atoms with E-state index < -0.39 is 0 Å². The molecule has 0 spiro atoms. The monoisotopic (exact) mass is 227 g/mol. The Labute approximate surface area is 101 Å². The predicted molar refractivity (Wildman–Crippen MR) is 69.7 cm³/mol. The number of nitrogens with one attached hydrogen (secondary N) is 1. The lowest BCUT2D eigenvalue weighted by Crippen LogP contribution is -2.33. The maximum atomic E-state index is 5.81. The summed E-state index contributed by atoms with van der Waals surface area (Å²) in [6.07, 6.45) is 9.54. The van der Waals surface area contributed by atoms with E-state index in [-0.39, 0.29) is 0 Å². The summed E-state index contributed by atoms with van der Waals surface area (Å²) in [6, 6.07) is 0.643. The average Bonchev–Trinajstić information content (AvgIpc) is 2.30. The molecule has 1 N–H and O–H groups in total. The largest absolute Gasteiger partial charge is 0.378 e. The number of ether oxygens (including phenoxy) is 1. The van der Waals surface area contributed by atoms with Crippen molar-refractivity contribution in [2.75, 3.05) is 13.7 Å². The molecule has 1 rings (SSSR count). The zero-order chi connectivity index (χ0) is 11.8. The highest BCUT2D eigenvalue weighted by atomic mass is 16.5. The van der Waals surface area contributed by atoms with E-state index in [1.54, 1.807) is 0 Å². The van der Waals surface area contributed by atoms with Crippen molar-refractivity contribution in [3.63, 3.8) is 0 Å². The van der Waals surface area contributed by atoms with Crippen LogP contribution in [0.15, 0.2) is 0 Å². The highest BCUT2D eigenvalue weighted by Crippen LogP contribution is 2.21. The van der Waals surface area contributed by atoms with Crippen LogP contribution >= 0.6 is 0 Å². The minimum absolute atomic E-state index is 0.514. The lowest BCUT2D eigenvalue weighted by Gasteiger charge is -2.28. The van der Waals surface area contributed by atoms with Crippen LogP contribution in [-0.2, 0) is 4.74 Å². The maximum Gasteiger partial charge on any atom is 0.0590 e. The van der Waals surface area contributed by atoms with Crippen molar-refractivity contribution in [2.45, 2.75) is 70.9 Å². The minimum atomic E-state index is 0.514. The summed E-state index contributed by atoms with van der Waals surface area (Å²) in [4.78, 5) is 0. The average molecular weight is 227 g/mol. The first-order chi connectivity index (χ1) is 7.76. The van der Waals surface area contributed by atoms with Crippen LogP contribution in [0.25, 0.3) is 0 Å². The molecule has 0 aromatic carbocycles. The number of hydrogen-bond donors (Lipinski definition) is 1. The summed E-state index contributed by atoms with van der Waals surface area (Å²) in [7, 11) is 2.09. The third-order valence-corrected chi connectivity index (χ3v) is 3.70. The van der Waals surface area contributed by atoms with Crippen LogP contribution in [-0.4, -0.2) is 25.8 Å². The zero-order valence-electron chi connectivity index (χ0n) is 11.3. The molecular formula is C14H29NO. The van der Waals surface area contributed by atoms with E-state index in [2.05, 4.69) is 26.2 Å². The molecule has 16 heavy (non-hydrogen) atoms. The lowest BCUT2D eigenvalue weighted by molar-refractivity contribution is 0.00427. The van der Waals surface area contributed by atoms with Crippen molar-refractivity contribution in [2.24, 2.45) is 5.92 Å². The molecule has 1 aliphatic rings. The third kappa shape index (κ3) is 5.31. The highest BCUT2D eigenvalue weighted by Gasteiger charge is 2.19. The van der Waals surface area contributed by atoms with Gasteiger partial charge in [-0.05, 0) is 45.1 Å². The van der Waals surface area contributed by atoms with E-state index >= 15 is 0 Å². The number of rotatable bonds is 7. The van der Waals surface area contributed by atoms with Gasteiger partial charge in [-0.3, -0.25) is 0 Å². The van der Waals surface area contributed by atoms with Gasteiger partial charge in [-0.2, -0.15) is 0 Å². The number of hydrogen-bond acceptors (Lipinski definition) is 2. The SMILES string of the molecule is CCCC(C)CC(CC1CCCCO1)NC. The molecule has 1 heterocycles. The Balaban J connectivity index is 2.24. The van der Waals surface area contributed by atoms with Gasteiger partial charge in [0, 0.05) is 12.6 Å². The van der Waals surface area contributed by atoms with Crippen LogP contribution in [0.1, 0.15) is 58.8 Å². The fraction of sp³-hybridized carbons (Fsp3) is 1.00. The molecule has 2 nitrogen and oxygen atoms in total. The molecule has 1 aliphatic heterocycles. The molecule has 0 radical (unpaired) electrons. The summed E-state index contributed by atoms with van der Waals surface area (Å²) in [5.41, 5.74) is 0. The summed E-state index contributed by atoms with van der Waals surface area (Å²) in [5, 5.41) is 3.46. The third-order valence-electron chi connectivity index (χ3n) is 3.70. The van der Waals surface area contributed by atoms with E-state index in [4.69, 9.17) is 4.74 Å². The van der Waals surface area contributed by atoms with Gasteiger partial charge in [-0.1, -0.05) is 26.7 Å². The fourth-order valence-electron chi connectivity index (χ4n) is 2.74. The van der Waals surface area contributed by atoms with Crippen molar-refractivity contribution in [3.05, 3.63) is 0 Å². The molecule has 0 amide bonds. The Bertz CT molecular complexity index is 166. The van der Waals surface area contributed by atoms with Gasteiger partial charge < -0.3 is 10.1 Å². The van der Waals surface area contributed by atoms with Crippen LogP contribution in [0.3, 0.4) is 0 Å². The summed E-state index contributed by atoms with van der Waals surface area (Å²) in [5.74, 6) is 0.839. The van der Waals surface area contributed by atoms with Crippen molar-refractivity contribution >= 4 is 0 Å². The second-order valence-corrected chi connectivity index (χ2v) is 5.34. The molecule has 96 valence electrons. The quantitative estimate of drug-likeness (QED) is 0.720. The second-order valence-electron chi connectivity index (χ2n) is 5.34. The molecule has 3 unspecified atom stereocenters. The molecule has 0 aliphatic carbocycles. The standard InChI is InChI=1S/C14H29NO/c1-4-7-12(2)10-13(15-3)11-14-8-5-6-9-16-14/h12-15H,4-11H2,1-3H3. The molecule has 1 fully saturated rings. The van der Waals surface area contributed by atoms with Gasteiger partial charge in [0.25, 0.3) is 0 Å². The first-order valence-corrected chi connectivity index (χ1v) is 7.05. The van der Waals surface area contributed by atoms with Gasteiger partial charge in [-0.25, -0.2) is 0 Å². The van der Waals surface area contributed by atoms with Crippen molar-refractivity contribution in [1.82, 2.24) is 5.32 Å². The lowest BCUT2D eigenvalue weighted by atomic mass is 9.92. The first kappa shape index (κ1) is 14.0. The van der Waals surface area contributed by atoms with Gasteiger partial charge >= 0.3 is 0 Å².